The molecule has 0 saturated heterocycles. The minimum absolute atomic E-state index is 0.264. The van der Waals surface area contributed by atoms with Crippen LogP contribution in [0.15, 0.2) is 6.33 Å². The molecule has 1 N–H and O–H groups in total. The first-order valence-corrected chi connectivity index (χ1v) is 6.95. The van der Waals surface area contributed by atoms with Gasteiger partial charge in [0.05, 0.1) is 6.54 Å². The zero-order chi connectivity index (χ0) is 13.0. The fourth-order valence-electron chi connectivity index (χ4n) is 2.42. The second-order valence-corrected chi connectivity index (χ2v) is 5.35. The van der Waals surface area contributed by atoms with Gasteiger partial charge in [-0.2, -0.15) is 5.10 Å². The van der Waals surface area contributed by atoms with Crippen LogP contribution in [0.5, 0.6) is 0 Å². The maximum absolute atomic E-state index is 9.00. The molecule has 18 heavy (non-hydrogen) atoms. The lowest BCUT2D eigenvalue weighted by Crippen LogP contribution is -2.41. The molecule has 0 spiro atoms. The Hall–Kier alpha value is -0.940. The van der Waals surface area contributed by atoms with E-state index in [1.54, 1.807) is 6.33 Å². The van der Waals surface area contributed by atoms with Crippen molar-refractivity contribution in [1.29, 1.82) is 0 Å². The number of nitrogens with zero attached hydrogens (tertiary/aromatic N) is 4. The van der Waals surface area contributed by atoms with Crippen molar-refractivity contribution >= 4 is 0 Å². The summed E-state index contributed by atoms with van der Waals surface area (Å²) in [5.41, 5.74) is 0. The van der Waals surface area contributed by atoms with Crippen LogP contribution in [0.3, 0.4) is 0 Å². The van der Waals surface area contributed by atoms with Crippen molar-refractivity contribution in [3.05, 3.63) is 12.2 Å². The third-order valence-corrected chi connectivity index (χ3v) is 3.68. The highest BCUT2D eigenvalue weighted by atomic mass is 16.3. The summed E-state index contributed by atoms with van der Waals surface area (Å²) in [6.07, 6.45) is 6.37. The van der Waals surface area contributed by atoms with E-state index in [1.165, 1.54) is 19.3 Å². The van der Waals surface area contributed by atoms with Gasteiger partial charge in [0.2, 0.25) is 0 Å². The number of hydrogen-bond donors (Lipinski definition) is 1. The van der Waals surface area contributed by atoms with Crippen molar-refractivity contribution in [1.82, 2.24) is 19.7 Å². The summed E-state index contributed by atoms with van der Waals surface area (Å²) in [7, 11) is 0. The summed E-state index contributed by atoms with van der Waals surface area (Å²) < 4.78 is 1.99. The van der Waals surface area contributed by atoms with Crippen molar-refractivity contribution in [3.63, 3.8) is 0 Å². The maximum Gasteiger partial charge on any atom is 0.141 e. The van der Waals surface area contributed by atoms with Gasteiger partial charge in [-0.15, -0.1) is 0 Å². The smallest absolute Gasteiger partial charge is 0.141 e. The lowest BCUT2D eigenvalue weighted by Gasteiger charge is -2.37. The molecule has 0 radical (unpaired) electrons. The molecule has 5 heteroatoms. The van der Waals surface area contributed by atoms with Gasteiger partial charge in [-0.3, -0.25) is 4.90 Å². The third kappa shape index (κ3) is 3.09. The van der Waals surface area contributed by atoms with Gasteiger partial charge in [0.1, 0.15) is 12.2 Å². The Morgan fingerprint density at radius 3 is 2.83 bits per heavy atom. The van der Waals surface area contributed by atoms with E-state index in [1.807, 2.05) is 4.68 Å². The van der Waals surface area contributed by atoms with Crippen LogP contribution < -0.4 is 0 Å². The number of aliphatic hydroxyl groups is 1. The molecular formula is C13H24N4O. The van der Waals surface area contributed by atoms with Crippen molar-refractivity contribution in [2.45, 2.75) is 58.2 Å². The molecule has 1 fully saturated rings. The van der Waals surface area contributed by atoms with Crippen LogP contribution in [-0.4, -0.2) is 44.0 Å². The van der Waals surface area contributed by atoms with E-state index < -0.39 is 0 Å². The van der Waals surface area contributed by atoms with Crippen molar-refractivity contribution < 1.29 is 5.11 Å². The molecule has 0 unspecified atom stereocenters. The van der Waals surface area contributed by atoms with E-state index in [0.29, 0.717) is 12.1 Å². The first-order valence-electron chi connectivity index (χ1n) is 6.95. The highest BCUT2D eigenvalue weighted by Gasteiger charge is 2.25. The minimum Gasteiger partial charge on any atom is -0.396 e. The summed E-state index contributed by atoms with van der Waals surface area (Å²) in [5.74, 6) is 1.04. The van der Waals surface area contributed by atoms with E-state index in [0.717, 1.165) is 25.3 Å². The van der Waals surface area contributed by atoms with Crippen molar-refractivity contribution in [3.8, 4) is 0 Å². The molecule has 5 nitrogen and oxygen atoms in total. The van der Waals surface area contributed by atoms with E-state index in [9.17, 15) is 0 Å². The fraction of sp³-hybridized carbons (Fsp3) is 0.846. The Balaban J connectivity index is 2.00. The van der Waals surface area contributed by atoms with Gasteiger partial charge in [0.25, 0.3) is 0 Å². The molecule has 1 saturated carbocycles. The molecule has 0 bridgehead atoms. The molecule has 102 valence electrons. The molecule has 0 aromatic carbocycles. The summed E-state index contributed by atoms with van der Waals surface area (Å²) in [4.78, 5) is 6.82. The van der Waals surface area contributed by atoms with Crippen LogP contribution >= 0.6 is 0 Å². The van der Waals surface area contributed by atoms with E-state index in [4.69, 9.17) is 5.11 Å². The second-order valence-electron chi connectivity index (χ2n) is 5.35. The van der Waals surface area contributed by atoms with Crippen molar-refractivity contribution in [2.75, 3.05) is 13.2 Å². The summed E-state index contributed by atoms with van der Waals surface area (Å²) in [6, 6.07) is 1.03. The van der Waals surface area contributed by atoms with Gasteiger partial charge in [-0.1, -0.05) is 6.42 Å². The topological polar surface area (TPSA) is 54.2 Å². The summed E-state index contributed by atoms with van der Waals surface area (Å²) in [6.45, 7) is 6.31. The number of aliphatic hydroxyl groups excluding tert-OH is 1. The second kappa shape index (κ2) is 6.29. The Bertz CT molecular complexity index is 360. The minimum atomic E-state index is 0.264. The van der Waals surface area contributed by atoms with Crippen LogP contribution in [0.25, 0.3) is 0 Å². The molecule has 0 amide bonds. The first-order chi connectivity index (χ1) is 8.72. The van der Waals surface area contributed by atoms with E-state index >= 15 is 0 Å². The highest BCUT2D eigenvalue weighted by molar-refractivity contribution is 4.90. The zero-order valence-electron chi connectivity index (χ0n) is 11.4. The predicted octanol–water partition coefficient (Wildman–Crippen LogP) is 1.60. The van der Waals surface area contributed by atoms with Crippen molar-refractivity contribution in [2.24, 2.45) is 0 Å². The first kappa shape index (κ1) is 13.5. The monoisotopic (exact) mass is 252 g/mol. The van der Waals surface area contributed by atoms with Gasteiger partial charge in [-0.05, 0) is 33.1 Å². The maximum atomic E-state index is 9.00. The SMILES string of the molecule is CC(C)n1ncnc1CN(CCCO)C1CCC1. The Labute approximate surface area is 109 Å². The molecule has 1 aliphatic carbocycles. The highest BCUT2D eigenvalue weighted by Crippen LogP contribution is 2.26. The number of hydrogen-bond acceptors (Lipinski definition) is 4. The van der Waals surface area contributed by atoms with Gasteiger partial charge >= 0.3 is 0 Å². The molecule has 0 atom stereocenters. The largest absolute Gasteiger partial charge is 0.396 e. The Kier molecular flexibility index (Phi) is 4.72. The van der Waals surface area contributed by atoms with Crippen LogP contribution in [-0.2, 0) is 6.54 Å². The van der Waals surface area contributed by atoms with Crippen LogP contribution in [0, 0.1) is 0 Å². The third-order valence-electron chi connectivity index (χ3n) is 3.68. The zero-order valence-corrected chi connectivity index (χ0v) is 11.4. The Morgan fingerprint density at radius 2 is 2.28 bits per heavy atom. The van der Waals surface area contributed by atoms with Gasteiger partial charge in [0, 0.05) is 25.2 Å². The molecule has 1 aromatic rings. The molecule has 1 aliphatic rings. The number of aromatic nitrogens is 3. The molecular weight excluding hydrogens is 228 g/mol. The van der Waals surface area contributed by atoms with E-state index in [-0.39, 0.29) is 6.61 Å². The standard InChI is InChI=1S/C13H24N4O/c1-11(2)17-13(14-10-15-17)9-16(7-4-8-18)12-5-3-6-12/h10-12,18H,3-9H2,1-2H3. The van der Waals surface area contributed by atoms with Crippen LogP contribution in [0.2, 0.25) is 0 Å². The fourth-order valence-corrected chi connectivity index (χ4v) is 2.42. The number of rotatable bonds is 7. The predicted molar refractivity (Wildman–Crippen MR) is 70.2 cm³/mol. The molecule has 1 heterocycles. The normalized spacial score (nSPS) is 16.5. The molecule has 2 rings (SSSR count). The van der Waals surface area contributed by atoms with Crippen LogP contribution in [0.4, 0.5) is 0 Å². The van der Waals surface area contributed by atoms with E-state index in [2.05, 4.69) is 28.8 Å². The quantitative estimate of drug-likeness (QED) is 0.801. The lowest BCUT2D eigenvalue weighted by molar-refractivity contribution is 0.104. The average Bonchev–Trinajstić information content (AvgIpc) is 2.71. The summed E-state index contributed by atoms with van der Waals surface area (Å²) >= 11 is 0. The average molecular weight is 252 g/mol. The van der Waals surface area contributed by atoms with Gasteiger partial charge in [-0.25, -0.2) is 9.67 Å². The molecule has 0 aliphatic heterocycles. The van der Waals surface area contributed by atoms with Gasteiger partial charge in [0.15, 0.2) is 0 Å². The molecule has 1 aromatic heterocycles. The van der Waals surface area contributed by atoms with Gasteiger partial charge < -0.3 is 5.11 Å². The van der Waals surface area contributed by atoms with Crippen LogP contribution in [0.1, 0.15) is 51.4 Å². The Morgan fingerprint density at radius 1 is 1.50 bits per heavy atom. The summed E-state index contributed by atoms with van der Waals surface area (Å²) in [5, 5.41) is 13.3. The lowest BCUT2D eigenvalue weighted by atomic mass is 9.91.